The summed E-state index contributed by atoms with van der Waals surface area (Å²) in [6, 6.07) is 10.6. The van der Waals surface area contributed by atoms with E-state index in [0.717, 1.165) is 11.3 Å². The summed E-state index contributed by atoms with van der Waals surface area (Å²) in [4.78, 5) is 17.3. The Hall–Kier alpha value is -2.12. The van der Waals surface area contributed by atoms with Crippen LogP contribution in [0.2, 0.25) is 0 Å². The molecule has 1 aromatic heterocycles. The highest BCUT2D eigenvalue weighted by Gasteiger charge is 2.30. The van der Waals surface area contributed by atoms with Crippen molar-refractivity contribution in [3.05, 3.63) is 53.9 Å². The van der Waals surface area contributed by atoms with E-state index in [0.29, 0.717) is 37.5 Å². The van der Waals surface area contributed by atoms with Crippen LogP contribution in [-0.4, -0.2) is 54.7 Å². The molecule has 0 bridgehead atoms. The Morgan fingerprint density at radius 1 is 1.08 bits per heavy atom. The lowest BCUT2D eigenvalue weighted by Gasteiger charge is -2.34. The third-order valence-electron chi connectivity index (χ3n) is 4.25. The van der Waals surface area contributed by atoms with Crippen molar-refractivity contribution >= 4 is 15.9 Å². The third-order valence-corrected chi connectivity index (χ3v) is 6.17. The van der Waals surface area contributed by atoms with Crippen molar-refractivity contribution in [3.8, 4) is 0 Å². The van der Waals surface area contributed by atoms with Crippen molar-refractivity contribution in [1.29, 1.82) is 0 Å². The summed E-state index contributed by atoms with van der Waals surface area (Å²) in [6.07, 6.45) is 2.10. The summed E-state index contributed by atoms with van der Waals surface area (Å²) in [6.45, 7) is 3.42. The Morgan fingerprint density at radius 2 is 1.75 bits per heavy atom. The number of nitrogens with one attached hydrogen (secondary N) is 1. The van der Waals surface area contributed by atoms with Gasteiger partial charge in [-0.05, 0) is 31.2 Å². The first kappa shape index (κ1) is 16.7. The number of hydrogen-bond acceptors (Lipinski definition) is 3. The van der Waals surface area contributed by atoms with Gasteiger partial charge in [-0.25, -0.2) is 8.42 Å². The highest BCUT2D eigenvalue weighted by molar-refractivity contribution is 7.89. The van der Waals surface area contributed by atoms with Crippen LogP contribution in [0, 0.1) is 6.92 Å². The number of carbonyl (C=O) groups excluding carboxylic acids is 1. The van der Waals surface area contributed by atoms with Gasteiger partial charge in [-0.1, -0.05) is 17.7 Å². The molecular formula is C17H21N3O3S. The minimum Gasteiger partial charge on any atom is -0.365 e. The number of carbonyl (C=O) groups is 1. The van der Waals surface area contributed by atoms with E-state index in [1.165, 1.54) is 4.31 Å². The minimum absolute atomic E-state index is 0.0184. The topological polar surface area (TPSA) is 73.5 Å². The van der Waals surface area contributed by atoms with Crippen molar-refractivity contribution in [2.45, 2.75) is 18.2 Å². The molecule has 6 nitrogen and oxygen atoms in total. The van der Waals surface area contributed by atoms with Gasteiger partial charge in [0.2, 0.25) is 15.9 Å². The molecule has 7 heteroatoms. The van der Waals surface area contributed by atoms with Crippen LogP contribution in [0.3, 0.4) is 0 Å². The Bertz CT molecular complexity index is 790. The van der Waals surface area contributed by atoms with Crippen LogP contribution in [0.1, 0.15) is 11.3 Å². The molecule has 1 amide bonds. The first-order valence-corrected chi connectivity index (χ1v) is 9.38. The van der Waals surface area contributed by atoms with Crippen molar-refractivity contribution < 1.29 is 13.2 Å². The highest BCUT2D eigenvalue weighted by Crippen LogP contribution is 2.18. The molecule has 0 radical (unpaired) electrons. The molecule has 3 rings (SSSR count). The number of piperazine rings is 1. The standard InChI is InChI=1S/C17H21N3O3S/c1-14-4-6-16(7-5-14)24(22,23)20-11-9-19(10-12-20)17(21)13-15-3-2-8-18-15/h2-8,18H,9-13H2,1H3. The van der Waals surface area contributed by atoms with E-state index in [2.05, 4.69) is 4.98 Å². The smallest absolute Gasteiger partial charge is 0.243 e. The van der Waals surface area contributed by atoms with E-state index in [1.54, 1.807) is 35.4 Å². The number of aromatic nitrogens is 1. The Balaban J connectivity index is 1.62. The fourth-order valence-corrected chi connectivity index (χ4v) is 4.21. The van der Waals surface area contributed by atoms with Crippen LogP contribution in [0.4, 0.5) is 0 Å². The summed E-state index contributed by atoms with van der Waals surface area (Å²) < 4.78 is 26.8. The van der Waals surface area contributed by atoms with Gasteiger partial charge in [0.05, 0.1) is 11.3 Å². The van der Waals surface area contributed by atoms with Gasteiger partial charge in [0.25, 0.3) is 0 Å². The minimum atomic E-state index is -3.49. The molecule has 1 fully saturated rings. The fraction of sp³-hybridized carbons (Fsp3) is 0.353. The van der Waals surface area contributed by atoms with Gasteiger partial charge in [-0.15, -0.1) is 0 Å². The van der Waals surface area contributed by atoms with Crippen LogP contribution in [-0.2, 0) is 21.2 Å². The van der Waals surface area contributed by atoms with Gasteiger partial charge in [0, 0.05) is 38.1 Å². The molecular weight excluding hydrogens is 326 g/mol. The number of amides is 1. The van der Waals surface area contributed by atoms with Crippen LogP contribution in [0.5, 0.6) is 0 Å². The van der Waals surface area contributed by atoms with Gasteiger partial charge >= 0.3 is 0 Å². The van der Waals surface area contributed by atoms with Gasteiger partial charge in [-0.3, -0.25) is 4.79 Å². The maximum absolute atomic E-state index is 12.6. The number of aryl methyl sites for hydroxylation is 1. The van der Waals surface area contributed by atoms with E-state index in [-0.39, 0.29) is 5.91 Å². The zero-order chi connectivity index (χ0) is 17.2. The molecule has 24 heavy (non-hydrogen) atoms. The zero-order valence-corrected chi connectivity index (χ0v) is 14.4. The zero-order valence-electron chi connectivity index (χ0n) is 13.6. The molecule has 0 spiro atoms. The van der Waals surface area contributed by atoms with Crippen molar-refractivity contribution in [2.24, 2.45) is 0 Å². The summed E-state index contributed by atoms with van der Waals surface area (Å²) in [5, 5.41) is 0. The maximum Gasteiger partial charge on any atom is 0.243 e. The lowest BCUT2D eigenvalue weighted by Crippen LogP contribution is -2.50. The van der Waals surface area contributed by atoms with E-state index in [4.69, 9.17) is 0 Å². The third kappa shape index (κ3) is 3.52. The van der Waals surface area contributed by atoms with Crippen molar-refractivity contribution in [2.75, 3.05) is 26.2 Å². The van der Waals surface area contributed by atoms with Crippen molar-refractivity contribution in [3.63, 3.8) is 0 Å². The first-order valence-electron chi connectivity index (χ1n) is 7.94. The number of H-pyrrole nitrogens is 1. The molecule has 2 heterocycles. The van der Waals surface area contributed by atoms with Crippen LogP contribution in [0.15, 0.2) is 47.5 Å². The number of sulfonamides is 1. The lowest BCUT2D eigenvalue weighted by molar-refractivity contribution is -0.131. The molecule has 1 aromatic carbocycles. The van der Waals surface area contributed by atoms with E-state index < -0.39 is 10.0 Å². The fourth-order valence-electron chi connectivity index (χ4n) is 2.79. The number of aromatic amines is 1. The number of rotatable bonds is 4. The molecule has 1 aliphatic rings. The van der Waals surface area contributed by atoms with Crippen LogP contribution < -0.4 is 0 Å². The van der Waals surface area contributed by atoms with Crippen LogP contribution >= 0.6 is 0 Å². The average molecular weight is 347 g/mol. The van der Waals surface area contributed by atoms with Crippen molar-refractivity contribution in [1.82, 2.24) is 14.2 Å². The molecule has 0 aliphatic carbocycles. The molecule has 128 valence electrons. The molecule has 0 unspecified atom stereocenters. The monoisotopic (exact) mass is 347 g/mol. The lowest BCUT2D eigenvalue weighted by atomic mass is 10.2. The van der Waals surface area contributed by atoms with Gasteiger partial charge in [0.1, 0.15) is 0 Å². The number of hydrogen-bond donors (Lipinski definition) is 1. The summed E-state index contributed by atoms with van der Waals surface area (Å²) in [7, 11) is -3.49. The molecule has 0 saturated carbocycles. The van der Waals surface area contributed by atoms with Gasteiger partial charge in [-0.2, -0.15) is 4.31 Å². The Kier molecular flexibility index (Phi) is 4.73. The second-order valence-electron chi connectivity index (χ2n) is 5.97. The van der Waals surface area contributed by atoms with Gasteiger partial charge < -0.3 is 9.88 Å². The Morgan fingerprint density at radius 3 is 2.33 bits per heavy atom. The predicted octanol–water partition coefficient (Wildman–Crippen LogP) is 1.40. The molecule has 1 N–H and O–H groups in total. The maximum atomic E-state index is 12.6. The van der Waals surface area contributed by atoms with E-state index in [1.807, 2.05) is 19.1 Å². The SMILES string of the molecule is Cc1ccc(S(=O)(=O)N2CCN(C(=O)Cc3ccc[nH]3)CC2)cc1. The molecule has 2 aromatic rings. The Labute approximate surface area is 142 Å². The summed E-state index contributed by atoms with van der Waals surface area (Å²) in [5.41, 5.74) is 1.89. The quantitative estimate of drug-likeness (QED) is 0.908. The number of nitrogens with zero attached hydrogens (tertiary/aromatic N) is 2. The van der Waals surface area contributed by atoms with E-state index in [9.17, 15) is 13.2 Å². The van der Waals surface area contributed by atoms with Crippen LogP contribution in [0.25, 0.3) is 0 Å². The summed E-state index contributed by atoms with van der Waals surface area (Å²) in [5.74, 6) is 0.0184. The predicted molar refractivity (Wildman–Crippen MR) is 91.0 cm³/mol. The number of benzene rings is 1. The normalized spacial score (nSPS) is 16.3. The molecule has 1 saturated heterocycles. The second kappa shape index (κ2) is 6.78. The second-order valence-corrected chi connectivity index (χ2v) is 7.91. The molecule has 1 aliphatic heterocycles. The highest BCUT2D eigenvalue weighted by atomic mass is 32.2. The average Bonchev–Trinajstić information content (AvgIpc) is 3.08. The van der Waals surface area contributed by atoms with E-state index >= 15 is 0 Å². The first-order chi connectivity index (χ1) is 11.5. The van der Waals surface area contributed by atoms with Gasteiger partial charge in [0.15, 0.2) is 0 Å². The summed E-state index contributed by atoms with van der Waals surface area (Å²) >= 11 is 0. The molecule has 0 atom stereocenters. The largest absolute Gasteiger partial charge is 0.365 e.